The number of aliphatic hydroxyl groups is 1. The van der Waals surface area contributed by atoms with Gasteiger partial charge < -0.3 is 10.0 Å². The number of fused-ring (bicyclic) bond motifs is 1. The molecule has 1 aliphatic heterocycles. The molecule has 1 aromatic rings. The highest BCUT2D eigenvalue weighted by molar-refractivity contribution is 5.35. The quantitative estimate of drug-likeness (QED) is 0.905. The van der Waals surface area contributed by atoms with Crippen molar-refractivity contribution in [1.29, 1.82) is 0 Å². The van der Waals surface area contributed by atoms with Crippen molar-refractivity contribution < 1.29 is 18.3 Å². The minimum Gasteiger partial charge on any atom is -0.396 e. The van der Waals surface area contributed by atoms with E-state index in [4.69, 9.17) is 0 Å². The molecule has 110 valence electrons. The van der Waals surface area contributed by atoms with Crippen LogP contribution in [0.2, 0.25) is 0 Å². The summed E-state index contributed by atoms with van der Waals surface area (Å²) >= 11 is 0. The van der Waals surface area contributed by atoms with Crippen LogP contribution < -0.4 is 4.90 Å². The van der Waals surface area contributed by atoms with E-state index in [1.165, 1.54) is 0 Å². The standard InChI is InChI=1S/C13H16F3N3O/c14-13(15,16)10-3-5-17-11(18-10)19-6-9-2-1-4-12(9,7-19)8-20/h3,5,9,20H,1-2,4,6-8H2/t9-,12+/m1/s1. The minimum absolute atomic E-state index is 0.0765. The van der Waals surface area contributed by atoms with Crippen molar-refractivity contribution >= 4 is 5.95 Å². The first-order valence-electron chi connectivity index (χ1n) is 6.71. The van der Waals surface area contributed by atoms with Crippen LogP contribution in [0.15, 0.2) is 12.3 Å². The van der Waals surface area contributed by atoms with Crippen molar-refractivity contribution in [3.63, 3.8) is 0 Å². The molecule has 2 heterocycles. The zero-order valence-electron chi connectivity index (χ0n) is 10.9. The average Bonchev–Trinajstić information content (AvgIpc) is 2.94. The Labute approximate surface area is 114 Å². The predicted octanol–water partition coefficient (Wildman–Crippen LogP) is 2.09. The van der Waals surface area contributed by atoms with Gasteiger partial charge in [-0.15, -0.1) is 0 Å². The third-order valence-electron chi connectivity index (χ3n) is 4.57. The minimum atomic E-state index is -4.46. The number of rotatable bonds is 2. The molecule has 0 amide bonds. The molecule has 1 saturated carbocycles. The van der Waals surface area contributed by atoms with Gasteiger partial charge in [-0.1, -0.05) is 6.42 Å². The largest absolute Gasteiger partial charge is 0.433 e. The summed E-state index contributed by atoms with van der Waals surface area (Å²) in [6.45, 7) is 1.24. The number of hydrogen-bond donors (Lipinski definition) is 1. The van der Waals surface area contributed by atoms with Crippen LogP contribution in [0.25, 0.3) is 0 Å². The molecule has 7 heteroatoms. The Kier molecular flexibility index (Phi) is 3.12. The number of nitrogens with zero attached hydrogens (tertiary/aromatic N) is 3. The smallest absolute Gasteiger partial charge is 0.396 e. The fourth-order valence-electron chi connectivity index (χ4n) is 3.48. The molecule has 2 aliphatic rings. The number of aliphatic hydroxyl groups excluding tert-OH is 1. The van der Waals surface area contributed by atoms with Gasteiger partial charge in [0.25, 0.3) is 0 Å². The predicted molar refractivity (Wildman–Crippen MR) is 66.1 cm³/mol. The molecule has 1 aliphatic carbocycles. The van der Waals surface area contributed by atoms with Gasteiger partial charge in [-0.05, 0) is 24.8 Å². The van der Waals surface area contributed by atoms with Crippen LogP contribution in [0.3, 0.4) is 0 Å². The molecule has 0 aromatic carbocycles. The normalized spacial score (nSPS) is 29.8. The van der Waals surface area contributed by atoms with Crippen molar-refractivity contribution in [3.05, 3.63) is 18.0 Å². The Morgan fingerprint density at radius 1 is 1.45 bits per heavy atom. The second kappa shape index (κ2) is 4.58. The van der Waals surface area contributed by atoms with E-state index in [-0.39, 0.29) is 18.0 Å². The molecule has 2 atom stereocenters. The van der Waals surface area contributed by atoms with Gasteiger partial charge in [0.15, 0.2) is 0 Å². The van der Waals surface area contributed by atoms with Gasteiger partial charge in [-0.2, -0.15) is 13.2 Å². The number of aromatic nitrogens is 2. The third-order valence-corrected chi connectivity index (χ3v) is 4.57. The summed E-state index contributed by atoms with van der Waals surface area (Å²) in [5, 5.41) is 9.63. The van der Waals surface area contributed by atoms with Gasteiger partial charge in [-0.25, -0.2) is 9.97 Å². The van der Waals surface area contributed by atoms with Gasteiger partial charge in [0, 0.05) is 24.7 Å². The lowest BCUT2D eigenvalue weighted by Gasteiger charge is -2.25. The van der Waals surface area contributed by atoms with Crippen LogP contribution in [0.4, 0.5) is 19.1 Å². The lowest BCUT2D eigenvalue weighted by Crippen LogP contribution is -2.31. The summed E-state index contributed by atoms with van der Waals surface area (Å²) in [6.07, 6.45) is -0.311. The maximum Gasteiger partial charge on any atom is 0.433 e. The molecule has 20 heavy (non-hydrogen) atoms. The zero-order valence-corrected chi connectivity index (χ0v) is 10.9. The maximum atomic E-state index is 12.7. The number of anilines is 1. The molecule has 0 bridgehead atoms. The maximum absolute atomic E-state index is 12.7. The van der Waals surface area contributed by atoms with Gasteiger partial charge in [0.05, 0.1) is 6.61 Å². The Balaban J connectivity index is 1.85. The average molecular weight is 287 g/mol. The van der Waals surface area contributed by atoms with Crippen LogP contribution >= 0.6 is 0 Å². The Bertz CT molecular complexity index is 508. The Morgan fingerprint density at radius 3 is 2.90 bits per heavy atom. The fraction of sp³-hybridized carbons (Fsp3) is 0.692. The Hall–Kier alpha value is -1.37. The van der Waals surface area contributed by atoms with E-state index in [1.54, 1.807) is 4.90 Å². The van der Waals surface area contributed by atoms with E-state index in [9.17, 15) is 18.3 Å². The second-order valence-corrected chi connectivity index (χ2v) is 5.73. The summed E-state index contributed by atoms with van der Waals surface area (Å²) < 4.78 is 38.0. The van der Waals surface area contributed by atoms with Crippen molar-refractivity contribution in [3.8, 4) is 0 Å². The van der Waals surface area contributed by atoms with Crippen LogP contribution in [-0.2, 0) is 6.18 Å². The molecular weight excluding hydrogens is 271 g/mol. The topological polar surface area (TPSA) is 49.2 Å². The van der Waals surface area contributed by atoms with Crippen LogP contribution in [0, 0.1) is 11.3 Å². The molecule has 0 radical (unpaired) electrons. The second-order valence-electron chi connectivity index (χ2n) is 5.73. The van der Waals surface area contributed by atoms with Crippen molar-refractivity contribution in [2.75, 3.05) is 24.6 Å². The molecule has 2 fully saturated rings. The summed E-state index contributed by atoms with van der Waals surface area (Å²) in [7, 11) is 0. The first-order valence-corrected chi connectivity index (χ1v) is 6.71. The number of hydrogen-bond acceptors (Lipinski definition) is 4. The monoisotopic (exact) mass is 287 g/mol. The number of halogens is 3. The summed E-state index contributed by atoms with van der Waals surface area (Å²) in [5.74, 6) is 0.438. The molecule has 3 rings (SSSR count). The summed E-state index contributed by atoms with van der Waals surface area (Å²) in [4.78, 5) is 9.36. The van der Waals surface area contributed by atoms with Gasteiger partial charge >= 0.3 is 6.18 Å². The lowest BCUT2D eigenvalue weighted by molar-refractivity contribution is -0.141. The molecule has 0 spiro atoms. The van der Waals surface area contributed by atoms with E-state index < -0.39 is 11.9 Å². The van der Waals surface area contributed by atoms with E-state index in [0.29, 0.717) is 19.0 Å². The summed E-state index contributed by atoms with van der Waals surface area (Å²) in [6, 6.07) is 0.877. The lowest BCUT2D eigenvalue weighted by atomic mass is 9.82. The van der Waals surface area contributed by atoms with E-state index in [2.05, 4.69) is 9.97 Å². The highest BCUT2D eigenvalue weighted by Crippen LogP contribution is 2.48. The number of alkyl halides is 3. The van der Waals surface area contributed by atoms with Crippen molar-refractivity contribution in [2.24, 2.45) is 11.3 Å². The highest BCUT2D eigenvalue weighted by atomic mass is 19.4. The van der Waals surface area contributed by atoms with Crippen LogP contribution in [0.5, 0.6) is 0 Å². The first-order chi connectivity index (χ1) is 9.44. The Morgan fingerprint density at radius 2 is 2.25 bits per heavy atom. The first kappa shape index (κ1) is 13.6. The van der Waals surface area contributed by atoms with Gasteiger partial charge in [0.1, 0.15) is 5.69 Å². The zero-order chi connectivity index (χ0) is 14.4. The SMILES string of the molecule is OC[C@@]12CCC[C@@H]1CN(c1nccc(C(F)(F)F)n1)C2. The molecule has 1 aromatic heterocycles. The van der Waals surface area contributed by atoms with Crippen molar-refractivity contribution in [1.82, 2.24) is 9.97 Å². The van der Waals surface area contributed by atoms with E-state index >= 15 is 0 Å². The molecule has 1 saturated heterocycles. The fourth-order valence-corrected chi connectivity index (χ4v) is 3.48. The highest BCUT2D eigenvalue weighted by Gasteiger charge is 2.49. The molecular formula is C13H16F3N3O. The molecule has 0 unspecified atom stereocenters. The van der Waals surface area contributed by atoms with Crippen molar-refractivity contribution in [2.45, 2.75) is 25.4 Å². The van der Waals surface area contributed by atoms with E-state index in [0.717, 1.165) is 31.5 Å². The van der Waals surface area contributed by atoms with Crippen LogP contribution in [-0.4, -0.2) is 34.8 Å². The van der Waals surface area contributed by atoms with Gasteiger partial charge in [-0.3, -0.25) is 0 Å². The van der Waals surface area contributed by atoms with Gasteiger partial charge in [0.2, 0.25) is 5.95 Å². The third kappa shape index (κ3) is 2.13. The molecule has 4 nitrogen and oxygen atoms in total. The summed E-state index contributed by atoms with van der Waals surface area (Å²) in [5.41, 5.74) is -1.10. The molecule has 1 N–H and O–H groups in total. The van der Waals surface area contributed by atoms with E-state index in [1.807, 2.05) is 0 Å². The van der Waals surface area contributed by atoms with Crippen LogP contribution in [0.1, 0.15) is 25.0 Å².